The van der Waals surface area contributed by atoms with Crippen LogP contribution >= 0.6 is 11.6 Å². The first-order valence-corrected chi connectivity index (χ1v) is 6.10. The van der Waals surface area contributed by atoms with E-state index >= 15 is 0 Å². The van der Waals surface area contributed by atoms with Crippen LogP contribution in [0.3, 0.4) is 0 Å². The highest BCUT2D eigenvalue weighted by atomic mass is 35.5. The van der Waals surface area contributed by atoms with Crippen LogP contribution in [0.25, 0.3) is 0 Å². The molecule has 0 radical (unpaired) electrons. The summed E-state index contributed by atoms with van der Waals surface area (Å²) in [5.74, 6) is -0.190. The number of aryl methyl sites for hydroxylation is 1. The quantitative estimate of drug-likeness (QED) is 0.470. The van der Waals surface area contributed by atoms with Crippen molar-refractivity contribution >= 4 is 23.2 Å². The molecule has 18 heavy (non-hydrogen) atoms. The number of nitro groups is 1. The summed E-state index contributed by atoms with van der Waals surface area (Å²) in [5, 5.41) is 10.7. The molecule has 0 aliphatic carbocycles. The molecule has 1 unspecified atom stereocenters. The maximum Gasteiger partial charge on any atom is 0.270 e. The smallest absolute Gasteiger partial charge is 0.270 e. The fourth-order valence-electron chi connectivity index (χ4n) is 2.08. The second-order valence-corrected chi connectivity index (χ2v) is 5.07. The number of nitrogens with zero attached hydrogens (tertiary/aromatic N) is 2. The fourth-order valence-corrected chi connectivity index (χ4v) is 2.34. The number of hydrogen-bond donors (Lipinski definition) is 0. The molecule has 1 fully saturated rings. The molecule has 5 nitrogen and oxygen atoms in total. The zero-order chi connectivity index (χ0) is 13.3. The monoisotopic (exact) mass is 268 g/mol. The number of benzene rings is 1. The van der Waals surface area contributed by atoms with Crippen molar-refractivity contribution in [2.45, 2.75) is 18.7 Å². The van der Waals surface area contributed by atoms with Gasteiger partial charge in [0.15, 0.2) is 0 Å². The molecular weight excluding hydrogens is 256 g/mol. The van der Waals surface area contributed by atoms with E-state index in [1.807, 2.05) is 0 Å². The Morgan fingerprint density at radius 3 is 2.78 bits per heavy atom. The molecule has 1 atom stereocenters. The zero-order valence-corrected chi connectivity index (χ0v) is 10.7. The largest absolute Gasteiger partial charge is 0.337 e. The van der Waals surface area contributed by atoms with Crippen LogP contribution in [0, 0.1) is 17.0 Å². The van der Waals surface area contributed by atoms with Gasteiger partial charge in [-0.05, 0) is 25.0 Å². The Balaban J connectivity index is 2.27. The highest BCUT2D eigenvalue weighted by molar-refractivity contribution is 6.21. The van der Waals surface area contributed by atoms with Gasteiger partial charge in [-0.25, -0.2) is 0 Å². The Labute approximate surface area is 109 Å². The number of nitro benzene ring substituents is 1. The van der Waals surface area contributed by atoms with E-state index < -0.39 is 4.92 Å². The summed E-state index contributed by atoms with van der Waals surface area (Å²) in [7, 11) is 0. The van der Waals surface area contributed by atoms with Crippen LogP contribution in [0.15, 0.2) is 18.2 Å². The number of halogens is 1. The third-order valence-corrected chi connectivity index (χ3v) is 3.29. The average molecular weight is 269 g/mol. The topological polar surface area (TPSA) is 63.5 Å². The molecule has 1 aliphatic rings. The van der Waals surface area contributed by atoms with E-state index in [-0.39, 0.29) is 17.0 Å². The molecule has 1 aromatic carbocycles. The molecule has 1 saturated heterocycles. The highest BCUT2D eigenvalue weighted by Gasteiger charge is 2.26. The van der Waals surface area contributed by atoms with E-state index in [1.54, 1.807) is 17.9 Å². The Bertz CT molecular complexity index is 504. The first kappa shape index (κ1) is 12.8. The van der Waals surface area contributed by atoms with Crippen LogP contribution < -0.4 is 0 Å². The third kappa shape index (κ3) is 2.61. The lowest BCUT2D eigenvalue weighted by molar-refractivity contribution is -0.384. The molecule has 1 aromatic rings. The minimum absolute atomic E-state index is 0.0197. The second kappa shape index (κ2) is 4.94. The lowest BCUT2D eigenvalue weighted by atomic mass is 10.1. The summed E-state index contributed by atoms with van der Waals surface area (Å²) in [5.41, 5.74) is 1.00. The van der Waals surface area contributed by atoms with Gasteiger partial charge < -0.3 is 4.90 Å². The van der Waals surface area contributed by atoms with Crippen LogP contribution in [0.2, 0.25) is 0 Å². The number of rotatable bonds is 2. The van der Waals surface area contributed by atoms with Crippen molar-refractivity contribution in [2.24, 2.45) is 0 Å². The number of hydrogen-bond acceptors (Lipinski definition) is 3. The Kier molecular flexibility index (Phi) is 3.52. The van der Waals surface area contributed by atoms with Crippen LogP contribution in [0.4, 0.5) is 5.69 Å². The summed E-state index contributed by atoms with van der Waals surface area (Å²) in [6.07, 6.45) is 0.765. The third-order valence-electron chi connectivity index (χ3n) is 2.94. The highest BCUT2D eigenvalue weighted by Crippen LogP contribution is 2.21. The summed E-state index contributed by atoms with van der Waals surface area (Å²) >= 11 is 5.95. The lowest BCUT2D eigenvalue weighted by Crippen LogP contribution is -2.28. The van der Waals surface area contributed by atoms with Gasteiger partial charge in [-0.3, -0.25) is 14.9 Å². The molecule has 6 heteroatoms. The van der Waals surface area contributed by atoms with Crippen molar-refractivity contribution in [3.8, 4) is 0 Å². The standard InChI is InChI=1S/C12H13ClN2O3/c1-8-4-9(6-11(5-8)15(17)18)12(16)14-3-2-10(13)7-14/h4-6,10H,2-3,7H2,1H3. The summed E-state index contributed by atoms with van der Waals surface area (Å²) < 4.78 is 0. The van der Waals surface area contributed by atoms with E-state index in [0.29, 0.717) is 24.2 Å². The van der Waals surface area contributed by atoms with Crippen LogP contribution in [0.1, 0.15) is 22.3 Å². The maximum absolute atomic E-state index is 12.2. The summed E-state index contributed by atoms with van der Waals surface area (Å²) in [4.78, 5) is 24.1. The molecule has 0 aromatic heterocycles. The van der Waals surface area contributed by atoms with Crippen molar-refractivity contribution in [1.82, 2.24) is 4.90 Å². The summed E-state index contributed by atoms with van der Waals surface area (Å²) in [6, 6.07) is 4.43. The number of non-ortho nitro benzene ring substituents is 1. The minimum Gasteiger partial charge on any atom is -0.337 e. The average Bonchev–Trinajstić information content (AvgIpc) is 2.74. The van der Waals surface area contributed by atoms with Gasteiger partial charge in [0.25, 0.3) is 11.6 Å². The Morgan fingerprint density at radius 1 is 1.50 bits per heavy atom. The summed E-state index contributed by atoms with van der Waals surface area (Å²) in [6.45, 7) is 2.84. The van der Waals surface area contributed by atoms with Gasteiger partial charge in [0.05, 0.1) is 10.3 Å². The minimum atomic E-state index is -0.488. The predicted octanol–water partition coefficient (Wildman–Crippen LogP) is 2.36. The maximum atomic E-state index is 12.2. The predicted molar refractivity (Wildman–Crippen MR) is 68.0 cm³/mol. The molecule has 1 heterocycles. The van der Waals surface area contributed by atoms with Crippen molar-refractivity contribution in [3.05, 3.63) is 39.4 Å². The molecule has 1 amide bonds. The molecule has 2 rings (SSSR count). The molecule has 0 bridgehead atoms. The molecule has 0 saturated carbocycles. The fraction of sp³-hybridized carbons (Fsp3) is 0.417. The van der Waals surface area contributed by atoms with Crippen LogP contribution in [-0.4, -0.2) is 34.2 Å². The Hall–Kier alpha value is -1.62. The van der Waals surface area contributed by atoms with Gasteiger partial charge >= 0.3 is 0 Å². The number of amides is 1. The molecule has 1 aliphatic heterocycles. The van der Waals surface area contributed by atoms with Crippen molar-refractivity contribution in [3.63, 3.8) is 0 Å². The van der Waals surface area contributed by atoms with Gasteiger partial charge in [-0.15, -0.1) is 11.6 Å². The lowest BCUT2D eigenvalue weighted by Gasteiger charge is -2.15. The van der Waals surface area contributed by atoms with Gasteiger partial charge in [-0.2, -0.15) is 0 Å². The number of alkyl halides is 1. The van der Waals surface area contributed by atoms with Crippen molar-refractivity contribution in [1.29, 1.82) is 0 Å². The Morgan fingerprint density at radius 2 is 2.22 bits per heavy atom. The van der Waals surface area contributed by atoms with Crippen LogP contribution in [0.5, 0.6) is 0 Å². The van der Waals surface area contributed by atoms with Crippen molar-refractivity contribution < 1.29 is 9.72 Å². The van der Waals surface area contributed by atoms with Gasteiger partial charge in [0.2, 0.25) is 0 Å². The van der Waals surface area contributed by atoms with E-state index in [4.69, 9.17) is 11.6 Å². The van der Waals surface area contributed by atoms with Gasteiger partial charge in [0.1, 0.15) is 0 Å². The first-order chi connectivity index (χ1) is 8.47. The van der Waals surface area contributed by atoms with E-state index in [1.165, 1.54) is 12.1 Å². The van der Waals surface area contributed by atoms with E-state index in [9.17, 15) is 14.9 Å². The van der Waals surface area contributed by atoms with Crippen LogP contribution in [-0.2, 0) is 0 Å². The second-order valence-electron chi connectivity index (χ2n) is 4.45. The molecule has 0 spiro atoms. The molecular formula is C12H13ClN2O3. The van der Waals surface area contributed by atoms with E-state index in [2.05, 4.69) is 0 Å². The van der Waals surface area contributed by atoms with Gasteiger partial charge in [-0.1, -0.05) is 0 Å². The first-order valence-electron chi connectivity index (χ1n) is 5.67. The SMILES string of the molecule is Cc1cc(C(=O)N2CCC(Cl)C2)cc([N+](=O)[O-])c1. The molecule has 96 valence electrons. The van der Waals surface area contributed by atoms with E-state index in [0.717, 1.165) is 6.42 Å². The number of carbonyl (C=O) groups excluding carboxylic acids is 1. The van der Waals surface area contributed by atoms with Gasteiger partial charge in [0, 0.05) is 30.8 Å². The number of carbonyl (C=O) groups is 1. The van der Waals surface area contributed by atoms with Crippen molar-refractivity contribution in [2.75, 3.05) is 13.1 Å². The number of likely N-dealkylation sites (tertiary alicyclic amines) is 1. The molecule has 0 N–H and O–H groups in total. The normalized spacial score (nSPS) is 19.0. The zero-order valence-electron chi connectivity index (χ0n) is 9.93.